The molecular weight excluding hydrogens is 690 g/mol. The molecule has 1 aliphatic rings. The predicted molar refractivity (Wildman–Crippen MR) is 185 cm³/mol. The van der Waals surface area contributed by atoms with Crippen LogP contribution in [0.15, 0.2) is 18.2 Å². The van der Waals surface area contributed by atoms with Gasteiger partial charge in [0.05, 0.1) is 44.6 Å². The molecule has 12 nitrogen and oxygen atoms in total. The molecule has 3 N–H and O–H groups in total. The number of nitrogens with two attached hydrogens (primary N) is 1. The normalized spacial score (nSPS) is 13.8. The molecule has 0 spiro atoms. The maximum absolute atomic E-state index is 15.7. The Hall–Kier alpha value is -4.50. The Labute approximate surface area is 298 Å². The number of ketones is 1. The summed E-state index contributed by atoms with van der Waals surface area (Å²) in [7, 11) is 2.72. The van der Waals surface area contributed by atoms with Crippen LogP contribution in [0.4, 0.5) is 8.78 Å². The second kappa shape index (κ2) is 16.7. The molecule has 0 radical (unpaired) electrons. The first kappa shape index (κ1) is 39.3. The Morgan fingerprint density at radius 1 is 0.961 bits per heavy atom. The number of amides is 1. The van der Waals surface area contributed by atoms with Gasteiger partial charge in [0, 0.05) is 54.1 Å². The number of hydrogen-bond acceptors (Lipinski definition) is 11. The number of methoxy groups -OCH3 is 2. The van der Waals surface area contributed by atoms with Crippen LogP contribution in [0.3, 0.4) is 0 Å². The molecule has 0 saturated heterocycles. The van der Waals surface area contributed by atoms with Crippen LogP contribution in [0.1, 0.15) is 74.2 Å². The van der Waals surface area contributed by atoms with Gasteiger partial charge in [-0.1, -0.05) is 6.92 Å². The standard InChI is InChI=1S/C36H44F2N2O10S/c1-19(16-39)21(35(44)45)13-24(41)28-14-22-27(51-28)15-26(47-6)34(31(22)37)49-11-7-10-48-33-25(46-5)12-20-17-40(18-23(20)32(33)38)29(42)8-9-30(43)50-36(2,3)4/h12,14-15,19,21H,7-11,13,16-18,39H2,1-6H3,(H,44,45)/t19-,21?/m1/s1. The summed E-state index contributed by atoms with van der Waals surface area (Å²) in [5.41, 5.74) is 5.81. The van der Waals surface area contributed by atoms with Gasteiger partial charge in [0.1, 0.15) is 5.60 Å². The van der Waals surface area contributed by atoms with Gasteiger partial charge < -0.3 is 39.4 Å². The number of fused-ring (bicyclic) bond motifs is 2. The van der Waals surface area contributed by atoms with Gasteiger partial charge in [-0.3, -0.25) is 19.2 Å². The minimum atomic E-state index is -1.13. The summed E-state index contributed by atoms with van der Waals surface area (Å²) in [4.78, 5) is 51.2. The van der Waals surface area contributed by atoms with Crippen molar-refractivity contribution in [3.63, 3.8) is 0 Å². The van der Waals surface area contributed by atoms with E-state index in [1.165, 1.54) is 25.2 Å². The number of aliphatic carboxylic acids is 1. The highest BCUT2D eigenvalue weighted by Gasteiger charge is 2.31. The number of esters is 1. The zero-order chi connectivity index (χ0) is 37.6. The van der Waals surface area contributed by atoms with Crippen LogP contribution >= 0.6 is 11.3 Å². The summed E-state index contributed by atoms with van der Waals surface area (Å²) in [6, 6.07) is 4.53. The zero-order valence-corrected chi connectivity index (χ0v) is 30.4. The van der Waals surface area contributed by atoms with E-state index in [4.69, 9.17) is 29.4 Å². The lowest BCUT2D eigenvalue weighted by atomic mass is 9.89. The number of benzene rings is 2. The monoisotopic (exact) mass is 734 g/mol. The quantitative estimate of drug-likeness (QED) is 0.0968. The third-order valence-corrected chi connectivity index (χ3v) is 9.49. The minimum absolute atomic E-state index is 0.00217. The second-order valence-corrected chi connectivity index (χ2v) is 14.4. The lowest BCUT2D eigenvalue weighted by Gasteiger charge is -2.20. The summed E-state index contributed by atoms with van der Waals surface area (Å²) >= 11 is 1.02. The van der Waals surface area contributed by atoms with Crippen LogP contribution in [-0.2, 0) is 32.2 Å². The number of carbonyl (C=O) groups excluding carboxylic acids is 3. The molecule has 1 aliphatic heterocycles. The van der Waals surface area contributed by atoms with Crippen molar-refractivity contribution in [1.82, 2.24) is 4.90 Å². The first-order valence-electron chi connectivity index (χ1n) is 16.5. The summed E-state index contributed by atoms with van der Waals surface area (Å²) in [5.74, 6) is -5.25. The Balaban J connectivity index is 1.38. The van der Waals surface area contributed by atoms with Crippen molar-refractivity contribution in [3.8, 4) is 23.0 Å². The van der Waals surface area contributed by atoms with Crippen molar-refractivity contribution in [2.24, 2.45) is 17.6 Å². The number of carboxylic acids is 1. The summed E-state index contributed by atoms with van der Waals surface area (Å²) in [5, 5.41) is 9.67. The molecule has 51 heavy (non-hydrogen) atoms. The molecule has 0 bridgehead atoms. The van der Waals surface area contributed by atoms with Crippen LogP contribution in [0.5, 0.6) is 23.0 Å². The Kier molecular flexibility index (Phi) is 12.8. The molecule has 1 aromatic heterocycles. The maximum atomic E-state index is 15.7. The smallest absolute Gasteiger partial charge is 0.307 e. The minimum Gasteiger partial charge on any atom is -0.493 e. The molecule has 0 fully saturated rings. The fraction of sp³-hybridized carbons (Fsp3) is 0.500. The highest BCUT2D eigenvalue weighted by molar-refractivity contribution is 7.20. The largest absolute Gasteiger partial charge is 0.493 e. The van der Waals surface area contributed by atoms with Crippen LogP contribution < -0.4 is 24.7 Å². The molecule has 15 heteroatoms. The van der Waals surface area contributed by atoms with Gasteiger partial charge in [-0.25, -0.2) is 8.78 Å². The van der Waals surface area contributed by atoms with E-state index >= 15 is 8.78 Å². The fourth-order valence-corrected chi connectivity index (χ4v) is 6.65. The van der Waals surface area contributed by atoms with Gasteiger partial charge in [-0.05, 0) is 50.9 Å². The SMILES string of the molecule is COc1cc2c(c(F)c1OCCCOc1c(OC)cc3sc(C(=O)CC(C(=O)O)[C@H](C)CN)cc3c1F)CN(C(=O)CCC(=O)OC(C)(C)C)C2. The molecule has 2 atom stereocenters. The average molecular weight is 735 g/mol. The van der Waals surface area contributed by atoms with Gasteiger partial charge in [-0.2, -0.15) is 0 Å². The molecule has 0 saturated carbocycles. The Morgan fingerprint density at radius 2 is 1.59 bits per heavy atom. The second-order valence-electron chi connectivity index (χ2n) is 13.3. The number of carbonyl (C=O) groups is 4. The van der Waals surface area contributed by atoms with E-state index in [9.17, 15) is 24.3 Å². The average Bonchev–Trinajstić information content (AvgIpc) is 3.71. The summed E-state index contributed by atoms with van der Waals surface area (Å²) in [6.45, 7) is 7.07. The lowest BCUT2D eigenvalue weighted by molar-refractivity contribution is -0.156. The van der Waals surface area contributed by atoms with Gasteiger partial charge in [0.15, 0.2) is 40.4 Å². The van der Waals surface area contributed by atoms with Crippen molar-refractivity contribution >= 4 is 45.1 Å². The zero-order valence-electron chi connectivity index (χ0n) is 29.6. The summed E-state index contributed by atoms with van der Waals surface area (Å²) < 4.78 is 59.3. The Bertz CT molecular complexity index is 1790. The topological polar surface area (TPSA) is 164 Å². The molecule has 4 rings (SSSR count). The van der Waals surface area contributed by atoms with E-state index in [0.29, 0.717) is 10.3 Å². The van der Waals surface area contributed by atoms with Crippen molar-refractivity contribution in [2.75, 3.05) is 34.0 Å². The third kappa shape index (κ3) is 9.44. The molecular formula is C36H44F2N2O10S. The van der Waals surface area contributed by atoms with Crippen LogP contribution in [0.2, 0.25) is 0 Å². The highest BCUT2D eigenvalue weighted by Crippen LogP contribution is 2.41. The maximum Gasteiger partial charge on any atom is 0.307 e. The van der Waals surface area contributed by atoms with E-state index in [-0.39, 0.29) is 103 Å². The Morgan fingerprint density at radius 3 is 2.18 bits per heavy atom. The van der Waals surface area contributed by atoms with Crippen LogP contribution in [0, 0.1) is 23.5 Å². The van der Waals surface area contributed by atoms with E-state index in [1.54, 1.807) is 39.8 Å². The van der Waals surface area contributed by atoms with E-state index in [1.807, 2.05) is 0 Å². The first-order chi connectivity index (χ1) is 24.1. The molecule has 2 aromatic carbocycles. The highest BCUT2D eigenvalue weighted by atomic mass is 32.1. The van der Waals surface area contributed by atoms with Crippen molar-refractivity contribution < 1.29 is 56.7 Å². The number of carboxylic acid groups (broad SMARTS) is 1. The molecule has 1 unspecified atom stereocenters. The van der Waals surface area contributed by atoms with Crippen LogP contribution in [0.25, 0.3) is 10.1 Å². The number of thiophene rings is 1. The molecule has 0 aliphatic carbocycles. The van der Waals surface area contributed by atoms with E-state index in [2.05, 4.69) is 0 Å². The first-order valence-corrected chi connectivity index (χ1v) is 17.3. The van der Waals surface area contributed by atoms with E-state index in [0.717, 1.165) is 11.3 Å². The number of rotatable bonds is 17. The number of Topliss-reactive ketones (excluding diaryl/α,β-unsaturated/α-hetero) is 1. The van der Waals surface area contributed by atoms with Crippen molar-refractivity contribution in [2.45, 2.75) is 72.1 Å². The van der Waals surface area contributed by atoms with Gasteiger partial charge in [0.2, 0.25) is 5.91 Å². The molecule has 2 heterocycles. The van der Waals surface area contributed by atoms with Crippen molar-refractivity contribution in [3.05, 3.63) is 45.8 Å². The predicted octanol–water partition coefficient (Wildman–Crippen LogP) is 5.88. The van der Waals surface area contributed by atoms with Crippen molar-refractivity contribution in [1.29, 1.82) is 0 Å². The van der Waals surface area contributed by atoms with Gasteiger partial charge in [0.25, 0.3) is 0 Å². The number of halogens is 2. The number of ether oxygens (including phenoxy) is 5. The van der Waals surface area contributed by atoms with Gasteiger partial charge in [-0.15, -0.1) is 11.3 Å². The van der Waals surface area contributed by atoms with Crippen LogP contribution in [-0.4, -0.2) is 73.2 Å². The molecule has 278 valence electrons. The van der Waals surface area contributed by atoms with E-state index < -0.39 is 46.8 Å². The molecule has 3 aromatic rings. The molecule has 1 amide bonds. The lowest BCUT2D eigenvalue weighted by Crippen LogP contribution is -2.29. The fourth-order valence-electron chi connectivity index (χ4n) is 5.61. The number of hydrogen-bond donors (Lipinski definition) is 2. The third-order valence-electron chi connectivity index (χ3n) is 8.37. The number of nitrogens with zero attached hydrogens (tertiary/aromatic N) is 1. The summed E-state index contributed by atoms with van der Waals surface area (Å²) in [6.07, 6.45) is -0.229. The van der Waals surface area contributed by atoms with Gasteiger partial charge >= 0.3 is 11.9 Å².